The number of rotatable bonds is 4. The Kier molecular flexibility index (Phi) is 4.76. The second kappa shape index (κ2) is 5.89. The van der Waals surface area contributed by atoms with Crippen LogP contribution in [0.1, 0.15) is 38.1 Å². The Bertz CT molecular complexity index is 405. The van der Waals surface area contributed by atoms with Crippen LogP contribution >= 0.6 is 0 Å². The largest absolute Gasteiger partial charge is 0.507 e. The molecule has 0 bridgehead atoms. The zero-order valence-corrected chi connectivity index (χ0v) is 11.8. The van der Waals surface area contributed by atoms with Gasteiger partial charge in [-0.25, -0.2) is 0 Å². The first-order valence-corrected chi connectivity index (χ1v) is 6.41. The molecular weight excluding hydrogens is 226 g/mol. The Balaban J connectivity index is 3.00. The van der Waals surface area contributed by atoms with E-state index in [1.54, 1.807) is 36.2 Å². The highest BCUT2D eigenvalue weighted by atomic mass is 16.3. The van der Waals surface area contributed by atoms with Crippen molar-refractivity contribution < 1.29 is 9.90 Å². The minimum Gasteiger partial charge on any atom is -0.507 e. The molecule has 0 atom stereocenters. The van der Waals surface area contributed by atoms with Crippen molar-refractivity contribution in [1.82, 2.24) is 4.90 Å². The summed E-state index contributed by atoms with van der Waals surface area (Å²) in [7, 11) is 1.81. The van der Waals surface area contributed by atoms with Crippen LogP contribution in [0.3, 0.4) is 0 Å². The van der Waals surface area contributed by atoms with E-state index in [9.17, 15) is 9.90 Å². The lowest BCUT2D eigenvalue weighted by atomic mass is 9.91. The van der Waals surface area contributed by atoms with Crippen LogP contribution in [-0.2, 0) is 0 Å². The van der Waals surface area contributed by atoms with Gasteiger partial charge >= 0.3 is 0 Å². The molecule has 3 heteroatoms. The summed E-state index contributed by atoms with van der Waals surface area (Å²) in [6, 6.07) is 6.85. The van der Waals surface area contributed by atoms with Gasteiger partial charge in [-0.15, -0.1) is 0 Å². The Morgan fingerprint density at radius 2 is 1.61 bits per heavy atom. The van der Waals surface area contributed by atoms with Gasteiger partial charge in [0.1, 0.15) is 5.75 Å². The number of aromatic hydroxyl groups is 1. The minimum atomic E-state index is -0.125. The quantitative estimate of drug-likeness (QED) is 0.890. The third kappa shape index (κ3) is 3.03. The molecule has 0 aliphatic rings. The summed E-state index contributed by atoms with van der Waals surface area (Å²) in [5.74, 6) is 0.677. The van der Waals surface area contributed by atoms with E-state index in [2.05, 4.69) is 27.7 Å². The average Bonchev–Trinajstić information content (AvgIpc) is 2.27. The maximum absolute atomic E-state index is 12.4. The van der Waals surface area contributed by atoms with Crippen molar-refractivity contribution in [3.63, 3.8) is 0 Å². The van der Waals surface area contributed by atoms with Gasteiger partial charge in [0.25, 0.3) is 5.91 Å². The fraction of sp³-hybridized carbons (Fsp3) is 0.533. The van der Waals surface area contributed by atoms with Crippen LogP contribution in [0.5, 0.6) is 5.75 Å². The van der Waals surface area contributed by atoms with E-state index in [0.717, 1.165) is 0 Å². The first kappa shape index (κ1) is 14.6. The monoisotopic (exact) mass is 249 g/mol. The molecule has 0 spiro atoms. The number of phenolic OH excluding ortho intramolecular Hbond substituents is 1. The van der Waals surface area contributed by atoms with E-state index < -0.39 is 0 Å². The summed E-state index contributed by atoms with van der Waals surface area (Å²) in [6.45, 7) is 8.44. The van der Waals surface area contributed by atoms with Crippen molar-refractivity contribution in [3.05, 3.63) is 29.8 Å². The lowest BCUT2D eigenvalue weighted by molar-refractivity contribution is 0.0624. The average molecular weight is 249 g/mol. The lowest BCUT2D eigenvalue weighted by Gasteiger charge is -2.34. The molecule has 1 N–H and O–H groups in total. The molecule has 0 saturated carbocycles. The molecule has 0 aliphatic carbocycles. The molecule has 3 nitrogen and oxygen atoms in total. The van der Waals surface area contributed by atoms with Crippen LogP contribution in [0.25, 0.3) is 0 Å². The Morgan fingerprint density at radius 1 is 1.11 bits per heavy atom. The first-order valence-electron chi connectivity index (χ1n) is 6.41. The first-order chi connectivity index (χ1) is 8.36. The molecule has 0 fully saturated rings. The predicted octanol–water partition coefficient (Wildman–Crippen LogP) is 3.14. The van der Waals surface area contributed by atoms with Crippen molar-refractivity contribution in [2.75, 3.05) is 7.05 Å². The Labute approximate surface area is 109 Å². The summed E-state index contributed by atoms with van der Waals surface area (Å²) >= 11 is 0. The van der Waals surface area contributed by atoms with E-state index in [0.29, 0.717) is 17.4 Å². The maximum atomic E-state index is 12.4. The summed E-state index contributed by atoms with van der Waals surface area (Å²) in [6.07, 6.45) is 0. The number of carbonyl (C=O) groups is 1. The van der Waals surface area contributed by atoms with Gasteiger partial charge in [-0.3, -0.25) is 4.79 Å². The molecule has 0 aliphatic heterocycles. The Morgan fingerprint density at radius 3 is 2.06 bits per heavy atom. The zero-order chi connectivity index (χ0) is 13.9. The van der Waals surface area contributed by atoms with Crippen molar-refractivity contribution in [2.45, 2.75) is 33.7 Å². The minimum absolute atomic E-state index is 0.0422. The van der Waals surface area contributed by atoms with Gasteiger partial charge in [0.15, 0.2) is 0 Å². The van der Waals surface area contributed by atoms with E-state index in [1.807, 2.05) is 0 Å². The third-order valence-corrected chi connectivity index (χ3v) is 3.27. The smallest absolute Gasteiger partial charge is 0.257 e. The lowest BCUT2D eigenvalue weighted by Crippen LogP contribution is -2.43. The summed E-state index contributed by atoms with van der Waals surface area (Å²) < 4.78 is 0. The summed E-state index contributed by atoms with van der Waals surface area (Å²) in [4.78, 5) is 14.1. The van der Waals surface area contributed by atoms with Crippen LogP contribution in [0.4, 0.5) is 0 Å². The van der Waals surface area contributed by atoms with Crippen molar-refractivity contribution in [2.24, 2.45) is 11.8 Å². The highest BCUT2D eigenvalue weighted by Crippen LogP contribution is 2.23. The molecular formula is C15H23NO2. The topological polar surface area (TPSA) is 40.5 Å². The molecule has 0 radical (unpaired) electrons. The number of phenols is 1. The molecule has 1 aromatic carbocycles. The van der Waals surface area contributed by atoms with E-state index in [4.69, 9.17) is 0 Å². The number of amides is 1. The maximum Gasteiger partial charge on any atom is 0.257 e. The molecule has 1 rings (SSSR count). The van der Waals surface area contributed by atoms with Crippen LogP contribution < -0.4 is 0 Å². The van der Waals surface area contributed by atoms with Crippen LogP contribution in [0.15, 0.2) is 24.3 Å². The van der Waals surface area contributed by atoms with Gasteiger partial charge in [-0.05, 0) is 24.0 Å². The highest BCUT2D eigenvalue weighted by Gasteiger charge is 2.27. The second-order valence-corrected chi connectivity index (χ2v) is 5.41. The second-order valence-electron chi connectivity index (χ2n) is 5.41. The molecule has 0 unspecified atom stereocenters. The predicted molar refractivity (Wildman–Crippen MR) is 73.7 cm³/mol. The zero-order valence-electron chi connectivity index (χ0n) is 11.8. The van der Waals surface area contributed by atoms with Crippen molar-refractivity contribution >= 4 is 5.91 Å². The molecule has 0 saturated heterocycles. The van der Waals surface area contributed by atoms with Gasteiger partial charge in [0.05, 0.1) is 5.56 Å². The number of hydrogen-bond donors (Lipinski definition) is 1. The van der Waals surface area contributed by atoms with E-state index in [1.165, 1.54) is 0 Å². The highest BCUT2D eigenvalue weighted by molar-refractivity contribution is 5.96. The number of hydrogen-bond acceptors (Lipinski definition) is 2. The van der Waals surface area contributed by atoms with Crippen LogP contribution in [0, 0.1) is 11.8 Å². The van der Waals surface area contributed by atoms with Crippen LogP contribution in [-0.4, -0.2) is 29.0 Å². The molecule has 100 valence electrons. The van der Waals surface area contributed by atoms with E-state index in [-0.39, 0.29) is 17.7 Å². The summed E-state index contributed by atoms with van der Waals surface area (Å²) in [5.41, 5.74) is 0.367. The molecule has 18 heavy (non-hydrogen) atoms. The third-order valence-electron chi connectivity index (χ3n) is 3.27. The van der Waals surface area contributed by atoms with Crippen molar-refractivity contribution in [1.29, 1.82) is 0 Å². The number of carbonyl (C=O) groups excluding carboxylic acids is 1. The number of para-hydroxylation sites is 1. The Hall–Kier alpha value is -1.51. The van der Waals surface area contributed by atoms with Gasteiger partial charge in [-0.1, -0.05) is 39.8 Å². The van der Waals surface area contributed by atoms with Gasteiger partial charge in [0.2, 0.25) is 0 Å². The molecule has 1 aromatic rings. The van der Waals surface area contributed by atoms with Crippen molar-refractivity contribution in [3.8, 4) is 5.75 Å². The fourth-order valence-electron chi connectivity index (χ4n) is 2.64. The number of benzene rings is 1. The molecule has 0 aromatic heterocycles. The number of nitrogens with zero attached hydrogens (tertiary/aromatic N) is 1. The molecule has 0 heterocycles. The summed E-state index contributed by atoms with van der Waals surface area (Å²) in [5, 5.41) is 9.74. The normalized spacial score (nSPS) is 11.3. The molecule has 1 amide bonds. The van der Waals surface area contributed by atoms with Gasteiger partial charge in [-0.2, -0.15) is 0 Å². The standard InChI is InChI=1S/C15H23NO2/c1-10(2)14(11(3)4)16(5)15(18)12-8-6-7-9-13(12)17/h6-11,14,17H,1-5H3. The van der Waals surface area contributed by atoms with Crippen LogP contribution in [0.2, 0.25) is 0 Å². The fourth-order valence-corrected chi connectivity index (χ4v) is 2.64. The van der Waals surface area contributed by atoms with Gasteiger partial charge in [0, 0.05) is 13.1 Å². The van der Waals surface area contributed by atoms with E-state index >= 15 is 0 Å². The SMILES string of the molecule is CC(C)C(C(C)C)N(C)C(=O)c1ccccc1O. The van der Waals surface area contributed by atoms with Gasteiger partial charge < -0.3 is 10.0 Å².